The number of carboxylic acids is 1. The van der Waals surface area contributed by atoms with Crippen LogP contribution in [0.4, 0.5) is 0 Å². The van der Waals surface area contributed by atoms with E-state index in [1.54, 1.807) is 24.3 Å². The SMILES string of the molecule is CN(Cc1cccnc1)C(=O)C1CCC(C(=O)O)C1. The first-order valence-corrected chi connectivity index (χ1v) is 6.44. The van der Waals surface area contributed by atoms with Gasteiger partial charge in [-0.15, -0.1) is 0 Å². The average molecular weight is 262 g/mol. The first-order chi connectivity index (χ1) is 9.08. The van der Waals surface area contributed by atoms with Gasteiger partial charge in [-0.05, 0) is 30.9 Å². The molecule has 1 saturated carbocycles. The zero-order chi connectivity index (χ0) is 13.8. The number of rotatable bonds is 4. The molecular formula is C14H18N2O3. The van der Waals surface area contributed by atoms with Crippen LogP contribution in [0.3, 0.4) is 0 Å². The number of aliphatic carboxylic acids is 1. The van der Waals surface area contributed by atoms with Crippen molar-refractivity contribution in [2.24, 2.45) is 11.8 Å². The zero-order valence-electron chi connectivity index (χ0n) is 11.0. The van der Waals surface area contributed by atoms with Gasteiger partial charge in [0.2, 0.25) is 5.91 Å². The molecule has 5 heteroatoms. The predicted molar refractivity (Wildman–Crippen MR) is 69.2 cm³/mol. The summed E-state index contributed by atoms with van der Waals surface area (Å²) in [7, 11) is 1.75. The lowest BCUT2D eigenvalue weighted by atomic mass is 10.0. The summed E-state index contributed by atoms with van der Waals surface area (Å²) in [4.78, 5) is 28.8. The summed E-state index contributed by atoms with van der Waals surface area (Å²) in [6.07, 6.45) is 5.17. The molecule has 0 saturated heterocycles. The fraction of sp³-hybridized carbons (Fsp3) is 0.500. The average Bonchev–Trinajstić information content (AvgIpc) is 2.88. The van der Waals surface area contributed by atoms with Crippen molar-refractivity contribution in [2.45, 2.75) is 25.8 Å². The Hall–Kier alpha value is -1.91. The first kappa shape index (κ1) is 13.5. The van der Waals surface area contributed by atoms with Crippen LogP contribution in [0.25, 0.3) is 0 Å². The number of pyridine rings is 1. The van der Waals surface area contributed by atoms with Gasteiger partial charge >= 0.3 is 5.97 Å². The Morgan fingerprint density at radius 1 is 1.42 bits per heavy atom. The van der Waals surface area contributed by atoms with Gasteiger partial charge in [-0.3, -0.25) is 14.6 Å². The van der Waals surface area contributed by atoms with E-state index in [2.05, 4.69) is 4.98 Å². The van der Waals surface area contributed by atoms with Gasteiger partial charge in [0.1, 0.15) is 0 Å². The van der Waals surface area contributed by atoms with Gasteiger partial charge in [0.25, 0.3) is 0 Å². The van der Waals surface area contributed by atoms with Crippen LogP contribution in [-0.4, -0.2) is 33.9 Å². The highest BCUT2D eigenvalue weighted by molar-refractivity contribution is 5.80. The Bertz CT molecular complexity index is 461. The number of carbonyl (C=O) groups excluding carboxylic acids is 1. The van der Waals surface area contributed by atoms with Gasteiger partial charge in [0.05, 0.1) is 5.92 Å². The molecule has 0 aliphatic heterocycles. The Kier molecular flexibility index (Phi) is 4.14. The lowest BCUT2D eigenvalue weighted by Crippen LogP contribution is -2.31. The smallest absolute Gasteiger partial charge is 0.306 e. The van der Waals surface area contributed by atoms with Crippen LogP contribution in [0.5, 0.6) is 0 Å². The standard InChI is InChI=1S/C14H18N2O3/c1-16(9-10-3-2-6-15-8-10)13(17)11-4-5-12(7-11)14(18)19/h2-3,6,8,11-12H,4-5,7,9H2,1H3,(H,18,19). The number of carboxylic acid groups (broad SMARTS) is 1. The van der Waals surface area contributed by atoms with Crippen LogP contribution in [0.2, 0.25) is 0 Å². The van der Waals surface area contributed by atoms with Crippen molar-refractivity contribution in [1.82, 2.24) is 9.88 Å². The van der Waals surface area contributed by atoms with Crippen LogP contribution in [-0.2, 0) is 16.1 Å². The van der Waals surface area contributed by atoms with Gasteiger partial charge in [0.15, 0.2) is 0 Å². The minimum absolute atomic E-state index is 0.0348. The molecule has 0 aromatic carbocycles. The minimum Gasteiger partial charge on any atom is -0.481 e. The molecule has 0 spiro atoms. The van der Waals surface area contributed by atoms with E-state index < -0.39 is 5.97 Å². The number of hydrogen-bond acceptors (Lipinski definition) is 3. The number of hydrogen-bond donors (Lipinski definition) is 1. The molecule has 5 nitrogen and oxygen atoms in total. The molecule has 102 valence electrons. The topological polar surface area (TPSA) is 70.5 Å². The number of aromatic nitrogens is 1. The van der Waals surface area contributed by atoms with Crippen molar-refractivity contribution in [3.8, 4) is 0 Å². The minimum atomic E-state index is -0.787. The second-order valence-electron chi connectivity index (χ2n) is 5.10. The van der Waals surface area contributed by atoms with Crippen molar-refractivity contribution < 1.29 is 14.7 Å². The van der Waals surface area contributed by atoms with Crippen LogP contribution < -0.4 is 0 Å². The molecule has 2 unspecified atom stereocenters. The van der Waals surface area contributed by atoms with Crippen molar-refractivity contribution in [3.63, 3.8) is 0 Å². The summed E-state index contributed by atoms with van der Waals surface area (Å²) in [5.41, 5.74) is 0.978. The van der Waals surface area contributed by atoms with Gasteiger partial charge < -0.3 is 10.0 Å². The highest BCUT2D eigenvalue weighted by Crippen LogP contribution is 2.32. The fourth-order valence-corrected chi connectivity index (χ4v) is 2.59. The van der Waals surface area contributed by atoms with Gasteiger partial charge in [0, 0.05) is 31.9 Å². The molecule has 1 aromatic rings. The van der Waals surface area contributed by atoms with E-state index in [0.717, 1.165) is 5.56 Å². The molecular weight excluding hydrogens is 244 g/mol. The molecule has 1 amide bonds. The molecule has 19 heavy (non-hydrogen) atoms. The third-order valence-electron chi connectivity index (χ3n) is 3.65. The summed E-state index contributed by atoms with van der Waals surface area (Å²) in [5.74, 6) is -1.26. The van der Waals surface area contributed by atoms with Crippen LogP contribution in [0, 0.1) is 11.8 Å². The van der Waals surface area contributed by atoms with Gasteiger partial charge in [-0.2, -0.15) is 0 Å². The largest absolute Gasteiger partial charge is 0.481 e. The van der Waals surface area contributed by atoms with Crippen molar-refractivity contribution in [2.75, 3.05) is 7.05 Å². The lowest BCUT2D eigenvalue weighted by molar-refractivity contribution is -0.141. The van der Waals surface area contributed by atoms with E-state index in [-0.39, 0.29) is 17.7 Å². The molecule has 1 aliphatic carbocycles. The molecule has 2 rings (SSSR count). The molecule has 0 bridgehead atoms. The predicted octanol–water partition coefficient (Wildman–Crippen LogP) is 1.54. The molecule has 2 atom stereocenters. The third kappa shape index (κ3) is 3.30. The Morgan fingerprint density at radius 2 is 2.16 bits per heavy atom. The van der Waals surface area contributed by atoms with E-state index in [1.807, 2.05) is 12.1 Å². The number of carbonyl (C=O) groups is 2. The maximum absolute atomic E-state index is 12.2. The fourth-order valence-electron chi connectivity index (χ4n) is 2.59. The quantitative estimate of drug-likeness (QED) is 0.893. The van der Waals surface area contributed by atoms with Crippen molar-refractivity contribution in [3.05, 3.63) is 30.1 Å². The monoisotopic (exact) mass is 262 g/mol. The summed E-state index contributed by atoms with van der Waals surface area (Å²) in [6, 6.07) is 3.76. The van der Waals surface area contributed by atoms with E-state index >= 15 is 0 Å². The van der Waals surface area contributed by atoms with Crippen LogP contribution in [0.15, 0.2) is 24.5 Å². The van der Waals surface area contributed by atoms with Gasteiger partial charge in [-0.1, -0.05) is 6.07 Å². The lowest BCUT2D eigenvalue weighted by Gasteiger charge is -2.21. The maximum atomic E-state index is 12.2. The summed E-state index contributed by atoms with van der Waals surface area (Å²) >= 11 is 0. The van der Waals surface area contributed by atoms with Gasteiger partial charge in [-0.25, -0.2) is 0 Å². The van der Waals surface area contributed by atoms with Crippen LogP contribution in [0.1, 0.15) is 24.8 Å². The van der Waals surface area contributed by atoms with Crippen molar-refractivity contribution in [1.29, 1.82) is 0 Å². The molecule has 1 aromatic heterocycles. The number of nitrogens with zero attached hydrogens (tertiary/aromatic N) is 2. The van der Waals surface area contributed by atoms with Crippen molar-refractivity contribution >= 4 is 11.9 Å². The zero-order valence-corrected chi connectivity index (χ0v) is 11.0. The second-order valence-corrected chi connectivity index (χ2v) is 5.10. The molecule has 1 fully saturated rings. The van der Waals surface area contributed by atoms with Crippen LogP contribution >= 0.6 is 0 Å². The molecule has 1 N–H and O–H groups in total. The van der Waals surface area contributed by atoms with E-state index in [1.165, 1.54) is 0 Å². The summed E-state index contributed by atoms with van der Waals surface area (Å²) < 4.78 is 0. The van der Waals surface area contributed by atoms with E-state index in [4.69, 9.17) is 5.11 Å². The molecule has 1 heterocycles. The Balaban J connectivity index is 1.91. The number of amides is 1. The highest BCUT2D eigenvalue weighted by Gasteiger charge is 2.35. The second kappa shape index (κ2) is 5.82. The third-order valence-corrected chi connectivity index (χ3v) is 3.65. The maximum Gasteiger partial charge on any atom is 0.306 e. The van der Waals surface area contributed by atoms with E-state index in [0.29, 0.717) is 25.8 Å². The Labute approximate surface area is 112 Å². The summed E-state index contributed by atoms with van der Waals surface area (Å²) in [5, 5.41) is 8.95. The summed E-state index contributed by atoms with van der Waals surface area (Å²) in [6.45, 7) is 0.515. The highest BCUT2D eigenvalue weighted by atomic mass is 16.4. The Morgan fingerprint density at radius 3 is 2.74 bits per heavy atom. The van der Waals surface area contributed by atoms with E-state index in [9.17, 15) is 9.59 Å². The molecule has 1 aliphatic rings. The first-order valence-electron chi connectivity index (χ1n) is 6.44. The normalized spacial score (nSPS) is 22.2. The molecule has 0 radical (unpaired) electrons.